The summed E-state index contributed by atoms with van der Waals surface area (Å²) < 4.78 is 24.4. The summed E-state index contributed by atoms with van der Waals surface area (Å²) in [7, 11) is -3.98. The van der Waals surface area contributed by atoms with Gasteiger partial charge in [0.15, 0.2) is 0 Å². The molecule has 1 heterocycles. The minimum atomic E-state index is -3.98. The van der Waals surface area contributed by atoms with Crippen LogP contribution in [0.25, 0.3) is 0 Å². The average Bonchev–Trinajstić information content (AvgIpc) is 2.76. The Bertz CT molecular complexity index is 832. The lowest BCUT2D eigenvalue weighted by Gasteiger charge is -2.09. The molecule has 0 fully saturated rings. The van der Waals surface area contributed by atoms with Crippen LogP contribution in [0, 0.1) is 13.8 Å². The van der Waals surface area contributed by atoms with Crippen LogP contribution in [0.3, 0.4) is 0 Å². The summed E-state index contributed by atoms with van der Waals surface area (Å²) >= 11 is 12.5. The summed E-state index contributed by atoms with van der Waals surface area (Å²) in [6, 6.07) is 6.45. The largest absolute Gasteiger partial charge is 0.273 e. The number of benzene rings is 1. The molecule has 0 spiro atoms. The summed E-state index contributed by atoms with van der Waals surface area (Å²) in [4.78, 5) is 13.9. The predicted molar refractivity (Wildman–Crippen MR) is 88.0 cm³/mol. The van der Waals surface area contributed by atoms with Crippen LogP contribution in [0.1, 0.15) is 21.5 Å². The van der Waals surface area contributed by atoms with Crippen LogP contribution in [-0.2, 0) is 10.0 Å². The van der Waals surface area contributed by atoms with Crippen molar-refractivity contribution < 1.29 is 13.2 Å². The van der Waals surface area contributed by atoms with E-state index >= 15 is 0 Å². The van der Waals surface area contributed by atoms with Crippen molar-refractivity contribution >= 4 is 50.5 Å². The van der Waals surface area contributed by atoms with Crippen LogP contribution in [0.5, 0.6) is 0 Å². The Morgan fingerprint density at radius 2 is 1.86 bits per heavy atom. The SMILES string of the molecule is Cc1ccc(C(=O)NNS(=O)(=O)c2cc(Cl)sc2Cl)c(C)c1. The van der Waals surface area contributed by atoms with Crippen molar-refractivity contribution in [3.63, 3.8) is 0 Å². The first-order chi connectivity index (χ1) is 10.2. The highest BCUT2D eigenvalue weighted by atomic mass is 35.5. The molecule has 0 atom stereocenters. The standard InChI is InChI=1S/C13H12Cl2N2O3S2/c1-7-3-4-9(8(2)5-7)13(18)16-17-22(19,20)10-6-11(14)21-12(10)15/h3-6,17H,1-2H3,(H,16,18). The predicted octanol–water partition coefficient (Wildman–Crippen LogP) is 3.30. The van der Waals surface area contributed by atoms with Gasteiger partial charge in [-0.25, -0.2) is 8.42 Å². The molecule has 0 saturated heterocycles. The van der Waals surface area contributed by atoms with E-state index in [1.807, 2.05) is 17.8 Å². The van der Waals surface area contributed by atoms with Crippen molar-refractivity contribution in [3.8, 4) is 0 Å². The summed E-state index contributed by atoms with van der Waals surface area (Å²) in [5.41, 5.74) is 4.29. The van der Waals surface area contributed by atoms with Crippen LogP contribution in [0.4, 0.5) is 0 Å². The molecule has 1 amide bonds. The minimum absolute atomic E-state index is 0.0262. The van der Waals surface area contributed by atoms with Gasteiger partial charge in [0.05, 0.1) is 4.34 Å². The number of hydrogen-bond donors (Lipinski definition) is 2. The number of carbonyl (C=O) groups excluding carboxylic acids is 1. The van der Waals surface area contributed by atoms with E-state index < -0.39 is 15.9 Å². The van der Waals surface area contributed by atoms with Crippen LogP contribution < -0.4 is 10.3 Å². The molecule has 0 aliphatic carbocycles. The Balaban J connectivity index is 2.15. The molecule has 118 valence electrons. The van der Waals surface area contributed by atoms with Gasteiger partial charge in [-0.15, -0.1) is 16.2 Å². The molecule has 9 heteroatoms. The second-order valence-corrected chi connectivity index (χ2v) is 8.50. The molecule has 0 aliphatic heterocycles. The Kier molecular flexibility index (Phi) is 5.14. The molecular weight excluding hydrogens is 367 g/mol. The summed E-state index contributed by atoms with van der Waals surface area (Å²) in [5.74, 6) is -0.557. The van der Waals surface area contributed by atoms with Crippen LogP contribution in [0.15, 0.2) is 29.2 Å². The van der Waals surface area contributed by atoms with E-state index in [9.17, 15) is 13.2 Å². The van der Waals surface area contributed by atoms with Crippen molar-refractivity contribution in [2.45, 2.75) is 18.7 Å². The lowest BCUT2D eigenvalue weighted by atomic mass is 10.1. The van der Waals surface area contributed by atoms with E-state index in [-0.39, 0.29) is 13.6 Å². The van der Waals surface area contributed by atoms with Crippen molar-refractivity contribution in [1.82, 2.24) is 10.3 Å². The molecule has 2 N–H and O–H groups in total. The van der Waals surface area contributed by atoms with E-state index in [1.165, 1.54) is 6.07 Å². The third-order valence-corrected chi connectivity index (χ3v) is 5.84. The molecule has 1 aromatic heterocycles. The topological polar surface area (TPSA) is 75.3 Å². The Hall–Kier alpha value is -1.12. The highest BCUT2D eigenvalue weighted by Crippen LogP contribution is 2.33. The first-order valence-corrected chi connectivity index (χ1v) is 9.10. The molecule has 2 aromatic rings. The van der Waals surface area contributed by atoms with E-state index in [1.54, 1.807) is 19.1 Å². The molecular formula is C13H12Cl2N2O3S2. The van der Waals surface area contributed by atoms with Crippen molar-refractivity contribution in [1.29, 1.82) is 0 Å². The number of rotatable bonds is 4. The highest BCUT2D eigenvalue weighted by Gasteiger charge is 2.22. The zero-order chi connectivity index (χ0) is 16.5. The fourth-order valence-electron chi connectivity index (χ4n) is 1.81. The molecule has 0 bridgehead atoms. The number of amides is 1. The maximum absolute atomic E-state index is 12.1. The third kappa shape index (κ3) is 3.80. The van der Waals surface area contributed by atoms with Gasteiger partial charge in [0, 0.05) is 5.56 Å². The summed E-state index contributed by atoms with van der Waals surface area (Å²) in [6.07, 6.45) is 0. The monoisotopic (exact) mass is 378 g/mol. The zero-order valence-corrected chi connectivity index (χ0v) is 14.8. The van der Waals surface area contributed by atoms with E-state index in [0.717, 1.165) is 22.5 Å². The summed E-state index contributed by atoms with van der Waals surface area (Å²) in [5, 5.41) is 0. The third-order valence-electron chi connectivity index (χ3n) is 2.84. The Labute approximate surface area is 142 Å². The van der Waals surface area contributed by atoms with Gasteiger partial charge in [0.2, 0.25) is 0 Å². The fourth-order valence-corrected chi connectivity index (χ4v) is 4.80. The fraction of sp³-hybridized carbons (Fsp3) is 0.154. The highest BCUT2D eigenvalue weighted by molar-refractivity contribution is 7.89. The Morgan fingerprint density at radius 3 is 2.41 bits per heavy atom. The Morgan fingerprint density at radius 1 is 1.18 bits per heavy atom. The number of thiophene rings is 1. The lowest BCUT2D eigenvalue weighted by molar-refractivity contribution is 0.0944. The van der Waals surface area contributed by atoms with Gasteiger partial charge in [-0.3, -0.25) is 10.2 Å². The van der Waals surface area contributed by atoms with Gasteiger partial charge in [-0.1, -0.05) is 40.9 Å². The molecule has 0 unspecified atom stereocenters. The molecule has 22 heavy (non-hydrogen) atoms. The van der Waals surface area contributed by atoms with E-state index in [4.69, 9.17) is 23.2 Å². The van der Waals surface area contributed by atoms with E-state index in [2.05, 4.69) is 5.43 Å². The molecule has 2 rings (SSSR count). The molecule has 0 radical (unpaired) electrons. The maximum Gasteiger partial charge on any atom is 0.266 e. The number of nitrogens with one attached hydrogen (secondary N) is 2. The van der Waals surface area contributed by atoms with E-state index in [0.29, 0.717) is 5.56 Å². The summed E-state index contributed by atoms with van der Waals surface area (Å²) in [6.45, 7) is 3.67. The molecule has 0 aliphatic rings. The van der Waals surface area contributed by atoms with Crippen LogP contribution >= 0.6 is 34.5 Å². The number of sulfonamides is 1. The van der Waals surface area contributed by atoms with Crippen molar-refractivity contribution in [3.05, 3.63) is 49.6 Å². The number of carbonyl (C=O) groups is 1. The smallest absolute Gasteiger partial charge is 0.266 e. The number of hydrogen-bond acceptors (Lipinski definition) is 4. The van der Waals surface area contributed by atoms with Gasteiger partial charge in [-0.05, 0) is 31.5 Å². The minimum Gasteiger partial charge on any atom is -0.273 e. The number of aryl methyl sites for hydroxylation is 2. The van der Waals surface area contributed by atoms with Gasteiger partial charge >= 0.3 is 0 Å². The normalized spacial score (nSPS) is 11.5. The average molecular weight is 379 g/mol. The van der Waals surface area contributed by atoms with Gasteiger partial charge in [0.25, 0.3) is 15.9 Å². The molecule has 5 nitrogen and oxygen atoms in total. The quantitative estimate of drug-likeness (QED) is 0.801. The van der Waals surface area contributed by atoms with Gasteiger partial charge in [0.1, 0.15) is 9.23 Å². The maximum atomic E-state index is 12.1. The zero-order valence-electron chi connectivity index (χ0n) is 11.6. The molecule has 1 aromatic carbocycles. The number of halogens is 2. The second kappa shape index (κ2) is 6.55. The number of hydrazine groups is 1. The molecule has 0 saturated carbocycles. The van der Waals surface area contributed by atoms with Gasteiger partial charge < -0.3 is 0 Å². The van der Waals surface area contributed by atoms with Crippen LogP contribution in [-0.4, -0.2) is 14.3 Å². The van der Waals surface area contributed by atoms with Crippen molar-refractivity contribution in [2.24, 2.45) is 0 Å². The van der Waals surface area contributed by atoms with Crippen LogP contribution in [0.2, 0.25) is 8.67 Å². The van der Waals surface area contributed by atoms with Crippen molar-refractivity contribution in [2.75, 3.05) is 0 Å². The first-order valence-electron chi connectivity index (χ1n) is 6.05. The van der Waals surface area contributed by atoms with Gasteiger partial charge in [-0.2, -0.15) is 0 Å². The lowest BCUT2D eigenvalue weighted by Crippen LogP contribution is -2.41. The first kappa shape index (κ1) is 17.2. The second-order valence-electron chi connectivity index (χ2n) is 4.57.